The summed E-state index contributed by atoms with van der Waals surface area (Å²) in [7, 11) is 3.79. The molecule has 0 aliphatic carbocycles. The van der Waals surface area contributed by atoms with E-state index in [1.165, 1.54) is 4.79 Å². The van der Waals surface area contributed by atoms with Gasteiger partial charge in [-0.1, -0.05) is 6.07 Å². The van der Waals surface area contributed by atoms with Crippen molar-refractivity contribution in [3.05, 3.63) is 66.0 Å². The summed E-state index contributed by atoms with van der Waals surface area (Å²) < 4.78 is 3.62. The Labute approximate surface area is 139 Å². The molecule has 0 saturated carbocycles. The highest BCUT2D eigenvalue weighted by Crippen LogP contribution is 2.16. The van der Waals surface area contributed by atoms with Gasteiger partial charge in [-0.3, -0.25) is 5.43 Å². The zero-order valence-electron chi connectivity index (χ0n) is 13.8. The second-order valence-electron chi connectivity index (χ2n) is 5.35. The van der Waals surface area contributed by atoms with Crippen molar-refractivity contribution in [3.8, 4) is 0 Å². The number of hydrogen-bond acceptors (Lipinski definition) is 5. The Bertz CT molecular complexity index is 918. The molecule has 1 aromatic carbocycles. The number of hydrogen-bond donors (Lipinski definition) is 1. The van der Waals surface area contributed by atoms with Crippen LogP contribution in [0.2, 0.25) is 0 Å². The Morgan fingerprint density at radius 1 is 1.12 bits per heavy atom. The van der Waals surface area contributed by atoms with Gasteiger partial charge in [0, 0.05) is 25.0 Å². The highest BCUT2D eigenvalue weighted by atomic mass is 15.7. The van der Waals surface area contributed by atoms with E-state index in [-0.39, 0.29) is 0 Å². The van der Waals surface area contributed by atoms with E-state index < -0.39 is 0 Å². The molecule has 3 rings (SSSR count). The summed E-state index contributed by atoms with van der Waals surface area (Å²) in [4.78, 5) is 1.48. The first-order valence-electron chi connectivity index (χ1n) is 7.48. The lowest BCUT2D eigenvalue weighted by atomic mass is 10.3. The van der Waals surface area contributed by atoms with Crippen LogP contribution >= 0.6 is 0 Å². The van der Waals surface area contributed by atoms with Crippen molar-refractivity contribution < 1.29 is 4.68 Å². The lowest BCUT2D eigenvalue weighted by Gasteiger charge is -2.02. The van der Waals surface area contributed by atoms with Gasteiger partial charge in [0.05, 0.1) is 16.6 Å². The highest BCUT2D eigenvalue weighted by Gasteiger charge is 2.07. The zero-order chi connectivity index (χ0) is 16.9. The fourth-order valence-electron chi connectivity index (χ4n) is 2.09. The van der Waals surface area contributed by atoms with Gasteiger partial charge in [0.25, 0.3) is 0 Å². The summed E-state index contributed by atoms with van der Waals surface area (Å²) in [6.07, 6.45) is 3.82. The Hall–Kier alpha value is -3.29. The van der Waals surface area contributed by atoms with E-state index in [4.69, 9.17) is 0 Å². The van der Waals surface area contributed by atoms with Gasteiger partial charge in [-0.15, -0.1) is 9.80 Å². The second kappa shape index (κ2) is 6.86. The minimum Gasteiger partial charge on any atom is -0.335 e. The molecular weight excluding hydrogens is 304 g/mol. The van der Waals surface area contributed by atoms with Crippen LogP contribution in [0.25, 0.3) is 0 Å². The SMILES string of the molecule is Cc1c[n+](C)nn1N=Nc1ccc(NN=c2ccccn2C)cc1. The molecular formula is C16H19N8+. The van der Waals surface area contributed by atoms with Crippen LogP contribution in [0.5, 0.6) is 0 Å². The van der Waals surface area contributed by atoms with E-state index in [1.807, 2.05) is 80.4 Å². The van der Waals surface area contributed by atoms with E-state index in [9.17, 15) is 0 Å². The molecule has 0 bridgehead atoms. The van der Waals surface area contributed by atoms with Crippen LogP contribution in [0.15, 0.2) is 70.3 Å². The predicted octanol–water partition coefficient (Wildman–Crippen LogP) is 1.83. The third kappa shape index (κ3) is 3.72. The standard InChI is InChI=1S/C16H19N8/c1-13-12-23(3)21-24(13)20-18-15-9-7-14(8-10-15)17-19-16-6-4-5-11-22(16)2/h4-12,17H,1-3H3/q+1. The number of nitrogens with one attached hydrogen (secondary N) is 1. The number of aryl methyl sites for hydroxylation is 3. The predicted molar refractivity (Wildman–Crippen MR) is 89.1 cm³/mol. The quantitative estimate of drug-likeness (QED) is 0.452. The first-order valence-corrected chi connectivity index (χ1v) is 7.48. The Kier molecular flexibility index (Phi) is 4.46. The number of rotatable bonds is 4. The summed E-state index contributed by atoms with van der Waals surface area (Å²) in [5, 5.41) is 16.8. The third-order valence-corrected chi connectivity index (χ3v) is 3.35. The van der Waals surface area contributed by atoms with Crippen LogP contribution in [0.3, 0.4) is 0 Å². The second-order valence-corrected chi connectivity index (χ2v) is 5.35. The Morgan fingerprint density at radius 2 is 1.92 bits per heavy atom. The van der Waals surface area contributed by atoms with Gasteiger partial charge in [0.2, 0.25) is 0 Å². The van der Waals surface area contributed by atoms with Gasteiger partial charge in [0.15, 0.2) is 17.4 Å². The van der Waals surface area contributed by atoms with Crippen LogP contribution in [0, 0.1) is 6.92 Å². The molecule has 0 fully saturated rings. The molecule has 0 unspecified atom stereocenters. The van der Waals surface area contributed by atoms with Crippen LogP contribution < -0.4 is 15.6 Å². The third-order valence-electron chi connectivity index (χ3n) is 3.35. The molecule has 0 aliphatic heterocycles. The number of benzene rings is 1. The van der Waals surface area contributed by atoms with E-state index >= 15 is 0 Å². The van der Waals surface area contributed by atoms with Gasteiger partial charge in [-0.2, -0.15) is 5.10 Å². The summed E-state index contributed by atoms with van der Waals surface area (Å²) in [6.45, 7) is 1.92. The largest absolute Gasteiger partial charge is 0.335 e. The van der Waals surface area contributed by atoms with Crippen LogP contribution in [0.1, 0.15) is 5.69 Å². The Morgan fingerprint density at radius 3 is 2.58 bits per heavy atom. The van der Waals surface area contributed by atoms with E-state index in [1.54, 1.807) is 4.68 Å². The maximum atomic E-state index is 4.36. The maximum absolute atomic E-state index is 4.36. The molecule has 0 amide bonds. The maximum Gasteiger partial charge on any atom is 0.198 e. The van der Waals surface area contributed by atoms with Crippen molar-refractivity contribution >= 4 is 11.4 Å². The van der Waals surface area contributed by atoms with Crippen molar-refractivity contribution in [2.75, 3.05) is 5.43 Å². The van der Waals surface area contributed by atoms with Crippen molar-refractivity contribution in [1.82, 2.24) is 14.6 Å². The summed E-state index contributed by atoms with van der Waals surface area (Å²) >= 11 is 0. The van der Waals surface area contributed by atoms with E-state index in [0.717, 1.165) is 22.6 Å². The van der Waals surface area contributed by atoms with Gasteiger partial charge in [-0.05, 0) is 36.4 Å². The lowest BCUT2D eigenvalue weighted by molar-refractivity contribution is -0.732. The topological polar surface area (TPSA) is 75.7 Å². The number of anilines is 1. The number of pyridine rings is 1. The molecule has 0 aliphatic rings. The highest BCUT2D eigenvalue weighted by molar-refractivity contribution is 5.50. The summed E-state index contributed by atoms with van der Waals surface area (Å²) in [6, 6.07) is 13.4. The molecule has 1 N–H and O–H groups in total. The first kappa shape index (κ1) is 15.6. The smallest absolute Gasteiger partial charge is 0.198 e. The molecule has 8 heteroatoms. The van der Waals surface area contributed by atoms with Crippen LogP contribution in [0.4, 0.5) is 11.4 Å². The number of nitrogens with zero attached hydrogens (tertiary/aromatic N) is 7. The molecule has 24 heavy (non-hydrogen) atoms. The molecule has 2 aromatic heterocycles. The molecule has 8 nitrogen and oxygen atoms in total. The van der Waals surface area contributed by atoms with Crippen molar-refractivity contribution in [2.24, 2.45) is 29.5 Å². The van der Waals surface area contributed by atoms with Crippen molar-refractivity contribution in [2.45, 2.75) is 6.92 Å². The van der Waals surface area contributed by atoms with Crippen LogP contribution in [-0.2, 0) is 14.1 Å². The van der Waals surface area contributed by atoms with Gasteiger partial charge in [0.1, 0.15) is 12.3 Å². The monoisotopic (exact) mass is 323 g/mol. The summed E-state index contributed by atoms with van der Waals surface area (Å²) in [5.41, 5.74) is 6.39. The average Bonchev–Trinajstić information content (AvgIpc) is 2.91. The van der Waals surface area contributed by atoms with Crippen molar-refractivity contribution in [1.29, 1.82) is 0 Å². The van der Waals surface area contributed by atoms with E-state index in [0.29, 0.717) is 0 Å². The fraction of sp³-hybridized carbons (Fsp3) is 0.188. The zero-order valence-corrected chi connectivity index (χ0v) is 13.8. The summed E-state index contributed by atoms with van der Waals surface area (Å²) in [5.74, 6) is 0. The Balaban J connectivity index is 1.71. The molecule has 0 radical (unpaired) electrons. The molecule has 122 valence electrons. The van der Waals surface area contributed by atoms with Crippen LogP contribution in [-0.4, -0.2) is 14.6 Å². The van der Waals surface area contributed by atoms with Crippen molar-refractivity contribution in [3.63, 3.8) is 0 Å². The molecule has 3 aromatic rings. The molecule has 0 atom stereocenters. The minimum absolute atomic E-state index is 0.739. The van der Waals surface area contributed by atoms with Gasteiger partial charge >= 0.3 is 0 Å². The normalized spacial score (nSPS) is 12.0. The lowest BCUT2D eigenvalue weighted by Crippen LogP contribution is -2.29. The average molecular weight is 323 g/mol. The first-order chi connectivity index (χ1) is 11.6. The molecule has 2 heterocycles. The molecule has 0 spiro atoms. The fourth-order valence-corrected chi connectivity index (χ4v) is 2.09. The number of aromatic nitrogens is 4. The minimum atomic E-state index is 0.739. The molecule has 0 saturated heterocycles. The van der Waals surface area contributed by atoms with Gasteiger partial charge in [-0.25, -0.2) is 0 Å². The van der Waals surface area contributed by atoms with Gasteiger partial charge < -0.3 is 4.57 Å². The van der Waals surface area contributed by atoms with E-state index in [2.05, 4.69) is 26.1 Å².